The molecule has 3 rings (SSSR count). The minimum Gasteiger partial charge on any atom is -0.376 e. The first-order valence-corrected chi connectivity index (χ1v) is 8.98. The van der Waals surface area contributed by atoms with Crippen molar-refractivity contribution >= 4 is 5.91 Å². The van der Waals surface area contributed by atoms with Crippen molar-refractivity contribution in [1.29, 1.82) is 0 Å². The van der Waals surface area contributed by atoms with Crippen LogP contribution in [0.2, 0.25) is 0 Å². The molecule has 1 aliphatic heterocycles. The van der Waals surface area contributed by atoms with Crippen LogP contribution in [-0.2, 0) is 14.3 Å². The SMILES string of the molecule is C[C@@H](NC1(CNC(=O)[C@@H]2COCCO2)CCCC1)c1ccccc1. The summed E-state index contributed by atoms with van der Waals surface area (Å²) in [7, 11) is 0. The zero-order chi connectivity index (χ0) is 16.8. The van der Waals surface area contributed by atoms with Gasteiger partial charge < -0.3 is 20.1 Å². The molecule has 132 valence electrons. The fourth-order valence-corrected chi connectivity index (χ4v) is 3.72. The average Bonchev–Trinajstić information content (AvgIpc) is 3.10. The number of benzene rings is 1. The van der Waals surface area contributed by atoms with Gasteiger partial charge in [-0.25, -0.2) is 0 Å². The first-order valence-electron chi connectivity index (χ1n) is 8.98. The van der Waals surface area contributed by atoms with Gasteiger partial charge in [0.05, 0.1) is 19.8 Å². The Balaban J connectivity index is 1.58. The number of hydrogen-bond acceptors (Lipinski definition) is 4. The van der Waals surface area contributed by atoms with E-state index in [1.54, 1.807) is 0 Å². The fourth-order valence-electron chi connectivity index (χ4n) is 3.72. The van der Waals surface area contributed by atoms with Crippen LogP contribution in [0.4, 0.5) is 0 Å². The summed E-state index contributed by atoms with van der Waals surface area (Å²) < 4.78 is 10.8. The quantitative estimate of drug-likeness (QED) is 0.838. The molecule has 0 unspecified atom stereocenters. The third-order valence-electron chi connectivity index (χ3n) is 5.09. The van der Waals surface area contributed by atoms with Crippen molar-refractivity contribution in [1.82, 2.24) is 10.6 Å². The predicted octanol–water partition coefficient (Wildman–Crippen LogP) is 2.18. The van der Waals surface area contributed by atoms with Crippen LogP contribution < -0.4 is 10.6 Å². The van der Waals surface area contributed by atoms with Gasteiger partial charge in [0.2, 0.25) is 0 Å². The minimum atomic E-state index is -0.469. The van der Waals surface area contributed by atoms with E-state index in [4.69, 9.17) is 9.47 Å². The molecule has 2 aliphatic rings. The van der Waals surface area contributed by atoms with Gasteiger partial charge in [0.1, 0.15) is 0 Å². The van der Waals surface area contributed by atoms with Gasteiger partial charge >= 0.3 is 0 Å². The Morgan fingerprint density at radius 3 is 2.67 bits per heavy atom. The van der Waals surface area contributed by atoms with E-state index in [2.05, 4.69) is 41.8 Å². The molecular formula is C19H28N2O3. The summed E-state index contributed by atoms with van der Waals surface area (Å²) in [6.45, 7) is 4.25. The Morgan fingerprint density at radius 2 is 2.00 bits per heavy atom. The van der Waals surface area contributed by atoms with E-state index in [-0.39, 0.29) is 17.5 Å². The van der Waals surface area contributed by atoms with E-state index < -0.39 is 6.10 Å². The molecule has 1 aliphatic carbocycles. The molecule has 0 radical (unpaired) electrons. The lowest BCUT2D eigenvalue weighted by atomic mass is 9.94. The van der Waals surface area contributed by atoms with E-state index in [1.165, 1.54) is 18.4 Å². The molecule has 5 heteroatoms. The summed E-state index contributed by atoms with van der Waals surface area (Å²) >= 11 is 0. The van der Waals surface area contributed by atoms with Crippen molar-refractivity contribution in [2.45, 2.75) is 50.3 Å². The van der Waals surface area contributed by atoms with Gasteiger partial charge in [-0.15, -0.1) is 0 Å². The molecule has 1 heterocycles. The number of carbonyl (C=O) groups excluding carboxylic acids is 1. The highest BCUT2D eigenvalue weighted by Gasteiger charge is 2.36. The van der Waals surface area contributed by atoms with Gasteiger partial charge in [-0.05, 0) is 25.3 Å². The van der Waals surface area contributed by atoms with Crippen LogP contribution in [0, 0.1) is 0 Å². The van der Waals surface area contributed by atoms with Gasteiger partial charge in [0.25, 0.3) is 5.91 Å². The van der Waals surface area contributed by atoms with Gasteiger partial charge in [-0.2, -0.15) is 0 Å². The van der Waals surface area contributed by atoms with Crippen LogP contribution in [0.5, 0.6) is 0 Å². The van der Waals surface area contributed by atoms with Crippen LogP contribution >= 0.6 is 0 Å². The Kier molecular flexibility index (Phi) is 5.87. The number of rotatable bonds is 6. The maximum absolute atomic E-state index is 12.3. The van der Waals surface area contributed by atoms with Crippen molar-refractivity contribution in [2.24, 2.45) is 0 Å². The smallest absolute Gasteiger partial charge is 0.251 e. The number of carbonyl (C=O) groups is 1. The summed E-state index contributed by atoms with van der Waals surface area (Å²) in [5, 5.41) is 6.87. The molecule has 1 amide bonds. The van der Waals surface area contributed by atoms with Crippen molar-refractivity contribution in [2.75, 3.05) is 26.4 Å². The molecular weight excluding hydrogens is 304 g/mol. The summed E-state index contributed by atoms with van der Waals surface area (Å²) in [5.41, 5.74) is 1.25. The third-order valence-corrected chi connectivity index (χ3v) is 5.09. The molecule has 1 saturated heterocycles. The topological polar surface area (TPSA) is 59.6 Å². The highest BCUT2D eigenvalue weighted by atomic mass is 16.6. The van der Waals surface area contributed by atoms with Crippen LogP contribution in [0.3, 0.4) is 0 Å². The maximum atomic E-state index is 12.3. The summed E-state index contributed by atoms with van der Waals surface area (Å²) in [6.07, 6.45) is 4.11. The first kappa shape index (κ1) is 17.4. The molecule has 5 nitrogen and oxygen atoms in total. The zero-order valence-corrected chi connectivity index (χ0v) is 14.4. The number of ether oxygens (including phenoxy) is 2. The lowest BCUT2D eigenvalue weighted by Crippen LogP contribution is -2.54. The minimum absolute atomic E-state index is 0.0273. The molecule has 1 aromatic carbocycles. The van der Waals surface area contributed by atoms with Crippen molar-refractivity contribution in [3.63, 3.8) is 0 Å². The molecule has 2 fully saturated rings. The van der Waals surface area contributed by atoms with Gasteiger partial charge in [-0.3, -0.25) is 4.79 Å². The lowest BCUT2D eigenvalue weighted by molar-refractivity contribution is -0.147. The van der Waals surface area contributed by atoms with E-state index in [9.17, 15) is 4.79 Å². The average molecular weight is 332 g/mol. The Labute approximate surface area is 144 Å². The van der Waals surface area contributed by atoms with Crippen LogP contribution in [0.15, 0.2) is 30.3 Å². The van der Waals surface area contributed by atoms with E-state index >= 15 is 0 Å². The standard InChI is InChI=1S/C19H28N2O3/c1-15(16-7-3-2-4-8-16)21-19(9-5-6-10-19)14-20-18(22)17-13-23-11-12-24-17/h2-4,7-8,15,17,21H,5-6,9-14H2,1H3,(H,20,22)/t15-,17+/m1/s1. The zero-order valence-electron chi connectivity index (χ0n) is 14.4. The Hall–Kier alpha value is -1.43. The molecule has 0 bridgehead atoms. The van der Waals surface area contributed by atoms with Gasteiger partial charge in [0.15, 0.2) is 6.10 Å². The van der Waals surface area contributed by atoms with E-state index in [0.29, 0.717) is 26.4 Å². The normalized spacial score (nSPS) is 24.5. The number of amides is 1. The first-order chi connectivity index (χ1) is 11.7. The molecule has 2 atom stereocenters. The molecule has 1 aromatic rings. The van der Waals surface area contributed by atoms with Gasteiger partial charge in [0, 0.05) is 18.1 Å². The summed E-state index contributed by atoms with van der Waals surface area (Å²) in [6, 6.07) is 10.7. The molecule has 2 N–H and O–H groups in total. The Bertz CT molecular complexity index is 523. The second-order valence-electron chi connectivity index (χ2n) is 6.92. The van der Waals surface area contributed by atoms with E-state index in [1.807, 2.05) is 6.07 Å². The third kappa shape index (κ3) is 4.35. The maximum Gasteiger partial charge on any atom is 0.251 e. The Morgan fingerprint density at radius 1 is 1.25 bits per heavy atom. The highest BCUT2D eigenvalue weighted by molar-refractivity contribution is 5.81. The van der Waals surface area contributed by atoms with Crippen LogP contribution in [-0.4, -0.2) is 43.9 Å². The number of hydrogen-bond donors (Lipinski definition) is 2. The molecule has 24 heavy (non-hydrogen) atoms. The summed E-state index contributed by atoms with van der Waals surface area (Å²) in [5.74, 6) is -0.0601. The van der Waals surface area contributed by atoms with Crippen LogP contribution in [0.25, 0.3) is 0 Å². The number of nitrogens with one attached hydrogen (secondary N) is 2. The van der Waals surface area contributed by atoms with Gasteiger partial charge in [-0.1, -0.05) is 43.2 Å². The highest BCUT2D eigenvalue weighted by Crippen LogP contribution is 2.31. The van der Waals surface area contributed by atoms with Crippen molar-refractivity contribution in [3.05, 3.63) is 35.9 Å². The van der Waals surface area contributed by atoms with Crippen molar-refractivity contribution in [3.8, 4) is 0 Å². The predicted molar refractivity (Wildman–Crippen MR) is 92.8 cm³/mol. The second kappa shape index (κ2) is 8.10. The summed E-state index contributed by atoms with van der Waals surface area (Å²) in [4.78, 5) is 12.3. The second-order valence-corrected chi connectivity index (χ2v) is 6.92. The largest absolute Gasteiger partial charge is 0.376 e. The van der Waals surface area contributed by atoms with E-state index in [0.717, 1.165) is 12.8 Å². The fraction of sp³-hybridized carbons (Fsp3) is 0.632. The molecule has 0 spiro atoms. The molecule has 1 saturated carbocycles. The van der Waals surface area contributed by atoms with Crippen molar-refractivity contribution < 1.29 is 14.3 Å². The monoisotopic (exact) mass is 332 g/mol. The molecule has 0 aromatic heterocycles. The van der Waals surface area contributed by atoms with Crippen LogP contribution in [0.1, 0.15) is 44.2 Å². The lowest BCUT2D eigenvalue weighted by Gasteiger charge is -2.35.